The van der Waals surface area contributed by atoms with Gasteiger partial charge in [-0.3, -0.25) is 9.69 Å². The van der Waals surface area contributed by atoms with Gasteiger partial charge in [-0.1, -0.05) is 66.7 Å². The Balaban J connectivity index is 1.60. The van der Waals surface area contributed by atoms with Crippen molar-refractivity contribution in [3.8, 4) is 0 Å². The summed E-state index contributed by atoms with van der Waals surface area (Å²) in [6, 6.07) is 23.5. The molecular formula is C25H17FN2O2. The van der Waals surface area contributed by atoms with Gasteiger partial charge in [0.05, 0.1) is 6.54 Å². The van der Waals surface area contributed by atoms with E-state index in [-0.39, 0.29) is 17.8 Å². The first-order chi connectivity index (χ1) is 14.6. The lowest BCUT2D eigenvalue weighted by atomic mass is 9.96. The average molecular weight is 396 g/mol. The van der Waals surface area contributed by atoms with Crippen LogP contribution in [-0.2, 0) is 11.3 Å². The molecule has 5 heteroatoms. The fourth-order valence-electron chi connectivity index (χ4n) is 3.86. The largest absolute Gasteiger partial charge is 0.329 e. The van der Waals surface area contributed by atoms with Gasteiger partial charge in [0.15, 0.2) is 0 Å². The van der Waals surface area contributed by atoms with Crippen LogP contribution in [0.3, 0.4) is 0 Å². The van der Waals surface area contributed by atoms with Gasteiger partial charge >= 0.3 is 6.03 Å². The highest BCUT2D eigenvalue weighted by Gasteiger charge is 2.34. The van der Waals surface area contributed by atoms with Crippen molar-refractivity contribution in [3.63, 3.8) is 0 Å². The van der Waals surface area contributed by atoms with Crippen LogP contribution in [0.25, 0.3) is 27.6 Å². The molecule has 0 atom stereocenters. The van der Waals surface area contributed by atoms with Gasteiger partial charge in [0.1, 0.15) is 11.5 Å². The van der Waals surface area contributed by atoms with Crippen LogP contribution < -0.4 is 5.32 Å². The lowest BCUT2D eigenvalue weighted by Gasteiger charge is -2.12. The zero-order chi connectivity index (χ0) is 20.7. The highest BCUT2D eigenvalue weighted by molar-refractivity contribution is 6.16. The molecule has 4 aromatic rings. The van der Waals surface area contributed by atoms with E-state index >= 15 is 0 Å². The van der Waals surface area contributed by atoms with Gasteiger partial charge in [0.25, 0.3) is 5.91 Å². The number of carbonyl (C=O) groups is 2. The molecule has 1 fully saturated rings. The Morgan fingerprint density at radius 2 is 1.43 bits per heavy atom. The third kappa shape index (κ3) is 3.01. The molecule has 146 valence electrons. The van der Waals surface area contributed by atoms with E-state index in [4.69, 9.17) is 0 Å². The summed E-state index contributed by atoms with van der Waals surface area (Å²) in [5, 5.41) is 6.71. The molecule has 0 aromatic heterocycles. The van der Waals surface area contributed by atoms with E-state index in [1.165, 1.54) is 6.07 Å². The molecule has 3 amide bonds. The van der Waals surface area contributed by atoms with Gasteiger partial charge in [-0.2, -0.15) is 0 Å². The van der Waals surface area contributed by atoms with Crippen LogP contribution in [0, 0.1) is 5.82 Å². The maximum atomic E-state index is 14.0. The van der Waals surface area contributed by atoms with Gasteiger partial charge < -0.3 is 5.32 Å². The van der Waals surface area contributed by atoms with E-state index in [0.29, 0.717) is 0 Å². The second kappa shape index (κ2) is 7.12. The average Bonchev–Trinajstić information content (AvgIpc) is 3.02. The van der Waals surface area contributed by atoms with Crippen molar-refractivity contribution in [2.75, 3.05) is 0 Å². The quantitative estimate of drug-likeness (QED) is 0.293. The Bertz CT molecular complexity index is 1310. The Kier molecular flexibility index (Phi) is 4.29. The zero-order valence-corrected chi connectivity index (χ0v) is 15.9. The van der Waals surface area contributed by atoms with Crippen molar-refractivity contribution in [1.29, 1.82) is 0 Å². The third-order valence-electron chi connectivity index (χ3n) is 5.35. The number of amides is 3. The summed E-state index contributed by atoms with van der Waals surface area (Å²) in [6.45, 7) is -0.120. The molecule has 0 radical (unpaired) electrons. The lowest BCUT2D eigenvalue weighted by molar-refractivity contribution is -0.123. The fourth-order valence-corrected chi connectivity index (χ4v) is 3.86. The minimum atomic E-state index is -0.556. The number of nitrogens with one attached hydrogen (secondary N) is 1. The van der Waals surface area contributed by atoms with Crippen LogP contribution in [0.15, 0.2) is 84.6 Å². The summed E-state index contributed by atoms with van der Waals surface area (Å²) in [5.74, 6) is -0.921. The molecule has 0 spiro atoms. The normalized spacial score (nSPS) is 15.4. The maximum absolute atomic E-state index is 14.0. The highest BCUT2D eigenvalue weighted by atomic mass is 19.1. The monoisotopic (exact) mass is 396 g/mol. The molecule has 5 rings (SSSR count). The molecule has 1 aliphatic heterocycles. The number of hydrogen-bond donors (Lipinski definition) is 1. The standard InChI is InChI=1S/C25H17FN2O2/c26-22-12-6-3-9-18(22)15-28-24(29)23(27-25(28)30)14-21-19-10-4-1-7-16(19)13-17-8-2-5-11-20(17)21/h1-14H,15H2,(H,27,30)/b23-14+. The van der Waals surface area contributed by atoms with E-state index in [1.54, 1.807) is 24.3 Å². The first kappa shape index (κ1) is 18.1. The molecular weight excluding hydrogens is 379 g/mol. The number of urea groups is 1. The zero-order valence-electron chi connectivity index (χ0n) is 15.9. The molecule has 0 unspecified atom stereocenters. The molecule has 0 saturated carbocycles. The Morgan fingerprint density at radius 3 is 2.10 bits per heavy atom. The summed E-state index contributed by atoms with van der Waals surface area (Å²) in [7, 11) is 0. The molecule has 30 heavy (non-hydrogen) atoms. The number of benzene rings is 4. The molecule has 1 saturated heterocycles. The Labute approximate surface area is 172 Å². The van der Waals surface area contributed by atoms with E-state index in [0.717, 1.165) is 32.0 Å². The number of nitrogens with zero attached hydrogens (tertiary/aromatic N) is 1. The Morgan fingerprint density at radius 1 is 0.833 bits per heavy atom. The Hall–Kier alpha value is -3.99. The van der Waals surface area contributed by atoms with Gasteiger partial charge in [-0.15, -0.1) is 0 Å². The number of fused-ring (bicyclic) bond motifs is 2. The van der Waals surface area contributed by atoms with Crippen molar-refractivity contribution in [2.24, 2.45) is 0 Å². The molecule has 0 bridgehead atoms. The smallest absolute Gasteiger partial charge is 0.303 e. The molecule has 1 N–H and O–H groups in total. The van der Waals surface area contributed by atoms with Crippen molar-refractivity contribution >= 4 is 39.6 Å². The van der Waals surface area contributed by atoms with Crippen LogP contribution in [0.1, 0.15) is 11.1 Å². The molecule has 4 aromatic carbocycles. The minimum Gasteiger partial charge on any atom is -0.303 e. The number of rotatable bonds is 3. The SMILES string of the molecule is O=C1N/C(=C/c2c3ccccc3cc3ccccc23)C(=O)N1Cc1ccccc1F. The summed E-state index contributed by atoms with van der Waals surface area (Å²) >= 11 is 0. The fraction of sp³-hybridized carbons (Fsp3) is 0.0400. The number of imide groups is 1. The van der Waals surface area contributed by atoms with Gasteiger partial charge in [-0.25, -0.2) is 9.18 Å². The van der Waals surface area contributed by atoms with Gasteiger partial charge in [0, 0.05) is 5.56 Å². The van der Waals surface area contributed by atoms with Crippen LogP contribution in [-0.4, -0.2) is 16.8 Å². The molecule has 1 heterocycles. The highest BCUT2D eigenvalue weighted by Crippen LogP contribution is 2.31. The van der Waals surface area contributed by atoms with Crippen molar-refractivity contribution in [2.45, 2.75) is 6.54 Å². The predicted molar refractivity (Wildman–Crippen MR) is 115 cm³/mol. The molecule has 0 aliphatic carbocycles. The van der Waals surface area contributed by atoms with E-state index in [9.17, 15) is 14.0 Å². The predicted octanol–water partition coefficient (Wildman–Crippen LogP) is 5.23. The van der Waals surface area contributed by atoms with Crippen LogP contribution >= 0.6 is 0 Å². The van der Waals surface area contributed by atoms with Gasteiger partial charge in [0.2, 0.25) is 0 Å². The van der Waals surface area contributed by atoms with Gasteiger partial charge in [-0.05, 0) is 45.3 Å². The topological polar surface area (TPSA) is 49.4 Å². The summed E-state index contributed by atoms with van der Waals surface area (Å²) in [5.41, 5.74) is 1.33. The molecule has 1 aliphatic rings. The first-order valence-electron chi connectivity index (χ1n) is 9.60. The first-order valence-corrected chi connectivity index (χ1v) is 9.60. The van der Waals surface area contributed by atoms with Crippen LogP contribution in [0.5, 0.6) is 0 Å². The van der Waals surface area contributed by atoms with E-state index in [1.807, 2.05) is 48.5 Å². The van der Waals surface area contributed by atoms with Crippen LogP contribution in [0.4, 0.5) is 9.18 Å². The third-order valence-corrected chi connectivity index (χ3v) is 5.35. The summed E-state index contributed by atoms with van der Waals surface area (Å²) in [6.07, 6.45) is 1.71. The second-order valence-corrected chi connectivity index (χ2v) is 7.20. The van der Waals surface area contributed by atoms with Crippen molar-refractivity contribution in [1.82, 2.24) is 10.2 Å². The lowest BCUT2D eigenvalue weighted by Crippen LogP contribution is -2.30. The van der Waals surface area contributed by atoms with E-state index in [2.05, 4.69) is 11.4 Å². The number of halogens is 1. The maximum Gasteiger partial charge on any atom is 0.329 e. The minimum absolute atomic E-state index is 0.120. The number of carbonyl (C=O) groups excluding carboxylic acids is 2. The summed E-state index contributed by atoms with van der Waals surface area (Å²) < 4.78 is 14.0. The molecule has 4 nitrogen and oxygen atoms in total. The van der Waals surface area contributed by atoms with Crippen molar-refractivity contribution < 1.29 is 14.0 Å². The van der Waals surface area contributed by atoms with E-state index < -0.39 is 17.8 Å². The second-order valence-electron chi connectivity index (χ2n) is 7.20. The van der Waals surface area contributed by atoms with Crippen molar-refractivity contribution in [3.05, 3.63) is 102 Å². The number of hydrogen-bond acceptors (Lipinski definition) is 2. The van der Waals surface area contributed by atoms with Crippen LogP contribution in [0.2, 0.25) is 0 Å². The summed E-state index contributed by atoms with van der Waals surface area (Å²) in [4.78, 5) is 26.4.